The standard InChI is InChI=1S/C28H29ClFN3O2/c1-28(2,3)20-10-8-19(9-11-20)26(34)31-24-18-21(29)12-13-25(24)32-14-16-33(17-15-32)27(35)22-6-4-5-7-23(22)30/h4-13,18H,14-17H2,1-3H3,(H,31,34). The zero-order valence-electron chi connectivity index (χ0n) is 20.1. The Hall–Kier alpha value is -3.38. The van der Waals surface area contributed by atoms with Crippen LogP contribution >= 0.6 is 11.6 Å². The van der Waals surface area contributed by atoms with E-state index < -0.39 is 5.82 Å². The van der Waals surface area contributed by atoms with Crippen LogP contribution in [0.5, 0.6) is 0 Å². The second-order valence-corrected chi connectivity index (χ2v) is 10.1. The molecule has 1 aliphatic heterocycles. The van der Waals surface area contributed by atoms with Crippen molar-refractivity contribution in [1.29, 1.82) is 0 Å². The van der Waals surface area contributed by atoms with E-state index in [1.54, 1.807) is 29.2 Å². The molecule has 0 saturated carbocycles. The van der Waals surface area contributed by atoms with Gasteiger partial charge in [-0.15, -0.1) is 0 Å². The number of rotatable bonds is 4. The molecular formula is C28H29ClFN3O2. The summed E-state index contributed by atoms with van der Waals surface area (Å²) in [7, 11) is 0. The first-order chi connectivity index (χ1) is 16.6. The predicted molar refractivity (Wildman–Crippen MR) is 139 cm³/mol. The number of carbonyl (C=O) groups is 2. The highest BCUT2D eigenvalue weighted by Crippen LogP contribution is 2.31. The highest BCUT2D eigenvalue weighted by molar-refractivity contribution is 6.31. The topological polar surface area (TPSA) is 52.7 Å². The van der Waals surface area contributed by atoms with E-state index in [4.69, 9.17) is 11.6 Å². The van der Waals surface area contributed by atoms with Gasteiger partial charge in [-0.1, -0.05) is 56.6 Å². The molecule has 0 aliphatic carbocycles. The van der Waals surface area contributed by atoms with Crippen LogP contribution in [0.15, 0.2) is 66.7 Å². The predicted octanol–water partition coefficient (Wildman–Crippen LogP) is 5.99. The lowest BCUT2D eigenvalue weighted by atomic mass is 9.87. The van der Waals surface area contributed by atoms with Gasteiger partial charge in [0.2, 0.25) is 0 Å². The summed E-state index contributed by atoms with van der Waals surface area (Å²) in [5.74, 6) is -1.05. The van der Waals surface area contributed by atoms with Crippen LogP contribution in [0.3, 0.4) is 0 Å². The smallest absolute Gasteiger partial charge is 0.256 e. The van der Waals surface area contributed by atoms with Crippen molar-refractivity contribution in [2.45, 2.75) is 26.2 Å². The van der Waals surface area contributed by atoms with Gasteiger partial charge in [-0.05, 0) is 53.4 Å². The summed E-state index contributed by atoms with van der Waals surface area (Å²) in [4.78, 5) is 29.5. The molecule has 0 aromatic heterocycles. The fourth-order valence-corrected chi connectivity index (χ4v) is 4.33. The molecule has 3 aromatic rings. The van der Waals surface area contributed by atoms with Crippen molar-refractivity contribution in [2.24, 2.45) is 0 Å². The van der Waals surface area contributed by atoms with Crippen LogP contribution in [0.25, 0.3) is 0 Å². The minimum absolute atomic E-state index is 0.00490. The third-order valence-electron chi connectivity index (χ3n) is 6.23. The van der Waals surface area contributed by atoms with Crippen LogP contribution in [-0.2, 0) is 5.41 Å². The highest BCUT2D eigenvalue weighted by Gasteiger charge is 2.25. The van der Waals surface area contributed by atoms with E-state index in [-0.39, 0.29) is 22.8 Å². The largest absolute Gasteiger partial charge is 0.366 e. The number of piperazine rings is 1. The first kappa shape index (κ1) is 24.7. The molecule has 7 heteroatoms. The molecule has 1 fully saturated rings. The van der Waals surface area contributed by atoms with Gasteiger partial charge in [0.05, 0.1) is 16.9 Å². The van der Waals surface area contributed by atoms with Gasteiger partial charge in [0.25, 0.3) is 11.8 Å². The molecule has 182 valence electrons. The molecule has 35 heavy (non-hydrogen) atoms. The van der Waals surface area contributed by atoms with Crippen molar-refractivity contribution in [3.8, 4) is 0 Å². The van der Waals surface area contributed by atoms with Crippen molar-refractivity contribution in [1.82, 2.24) is 4.90 Å². The second kappa shape index (κ2) is 10.1. The first-order valence-corrected chi connectivity index (χ1v) is 12.0. The lowest BCUT2D eigenvalue weighted by molar-refractivity contribution is 0.0742. The SMILES string of the molecule is CC(C)(C)c1ccc(C(=O)Nc2cc(Cl)ccc2N2CCN(C(=O)c3ccccc3F)CC2)cc1. The summed E-state index contributed by atoms with van der Waals surface area (Å²) < 4.78 is 14.1. The van der Waals surface area contributed by atoms with Gasteiger partial charge < -0.3 is 15.1 Å². The van der Waals surface area contributed by atoms with Gasteiger partial charge >= 0.3 is 0 Å². The molecule has 4 rings (SSSR count). The summed E-state index contributed by atoms with van der Waals surface area (Å²) in [5.41, 5.74) is 3.23. The highest BCUT2D eigenvalue weighted by atomic mass is 35.5. The molecule has 0 radical (unpaired) electrons. The second-order valence-electron chi connectivity index (χ2n) is 9.70. The number of carbonyl (C=O) groups excluding carboxylic acids is 2. The maximum absolute atomic E-state index is 14.1. The quantitative estimate of drug-likeness (QED) is 0.485. The van der Waals surface area contributed by atoms with E-state index in [1.807, 2.05) is 30.3 Å². The molecule has 3 aromatic carbocycles. The maximum Gasteiger partial charge on any atom is 0.256 e. The molecule has 1 saturated heterocycles. The van der Waals surface area contributed by atoms with Crippen molar-refractivity contribution in [3.05, 3.63) is 94.3 Å². The van der Waals surface area contributed by atoms with E-state index in [2.05, 4.69) is 31.0 Å². The molecule has 0 spiro atoms. The summed E-state index contributed by atoms with van der Waals surface area (Å²) in [6, 6.07) is 19.0. The molecular weight excluding hydrogens is 465 g/mol. The third kappa shape index (κ3) is 5.65. The van der Waals surface area contributed by atoms with E-state index in [1.165, 1.54) is 12.1 Å². The van der Waals surface area contributed by atoms with E-state index in [0.717, 1.165) is 11.3 Å². The number of hydrogen-bond donors (Lipinski definition) is 1. The van der Waals surface area contributed by atoms with Gasteiger partial charge in [-0.3, -0.25) is 9.59 Å². The molecule has 1 N–H and O–H groups in total. The summed E-state index contributed by atoms with van der Waals surface area (Å²) in [6.07, 6.45) is 0. The minimum atomic E-state index is -0.516. The summed E-state index contributed by atoms with van der Waals surface area (Å²) in [6.45, 7) is 8.36. The maximum atomic E-state index is 14.1. The van der Waals surface area contributed by atoms with Gasteiger partial charge in [0.15, 0.2) is 0 Å². The van der Waals surface area contributed by atoms with Crippen molar-refractivity contribution in [2.75, 3.05) is 36.4 Å². The molecule has 0 unspecified atom stereocenters. The van der Waals surface area contributed by atoms with E-state index in [0.29, 0.717) is 42.5 Å². The van der Waals surface area contributed by atoms with Crippen LogP contribution in [-0.4, -0.2) is 42.9 Å². The van der Waals surface area contributed by atoms with Gasteiger partial charge in [-0.2, -0.15) is 0 Å². The van der Waals surface area contributed by atoms with Crippen molar-refractivity contribution in [3.63, 3.8) is 0 Å². The summed E-state index contributed by atoms with van der Waals surface area (Å²) >= 11 is 6.25. The number of amides is 2. The van der Waals surface area contributed by atoms with Crippen LogP contribution in [0.4, 0.5) is 15.8 Å². The first-order valence-electron chi connectivity index (χ1n) is 11.6. The Morgan fingerprint density at radius 2 is 1.57 bits per heavy atom. The van der Waals surface area contributed by atoms with Gasteiger partial charge in [0, 0.05) is 36.8 Å². The Morgan fingerprint density at radius 1 is 0.914 bits per heavy atom. The van der Waals surface area contributed by atoms with Gasteiger partial charge in [0.1, 0.15) is 5.82 Å². The molecule has 0 atom stereocenters. The fourth-order valence-electron chi connectivity index (χ4n) is 4.16. The number of halogens is 2. The Balaban J connectivity index is 1.47. The molecule has 1 aliphatic rings. The number of anilines is 2. The lowest BCUT2D eigenvalue weighted by Crippen LogP contribution is -2.49. The fraction of sp³-hybridized carbons (Fsp3) is 0.286. The Morgan fingerprint density at radius 3 is 2.20 bits per heavy atom. The molecule has 1 heterocycles. The van der Waals surface area contributed by atoms with Crippen LogP contribution in [0, 0.1) is 5.82 Å². The van der Waals surface area contributed by atoms with Crippen LogP contribution in [0.1, 0.15) is 47.1 Å². The average Bonchev–Trinajstić information content (AvgIpc) is 2.84. The number of nitrogens with zero attached hydrogens (tertiary/aromatic N) is 2. The number of nitrogens with one attached hydrogen (secondary N) is 1. The normalized spacial score (nSPS) is 14.1. The van der Waals surface area contributed by atoms with E-state index in [9.17, 15) is 14.0 Å². The monoisotopic (exact) mass is 493 g/mol. The molecule has 0 bridgehead atoms. The Labute approximate surface area is 210 Å². The van der Waals surface area contributed by atoms with Crippen molar-refractivity contribution >= 4 is 34.8 Å². The third-order valence-corrected chi connectivity index (χ3v) is 6.47. The van der Waals surface area contributed by atoms with Crippen LogP contribution < -0.4 is 10.2 Å². The zero-order chi connectivity index (χ0) is 25.2. The lowest BCUT2D eigenvalue weighted by Gasteiger charge is -2.37. The van der Waals surface area contributed by atoms with Crippen LogP contribution in [0.2, 0.25) is 5.02 Å². The Kier molecular flexibility index (Phi) is 7.13. The minimum Gasteiger partial charge on any atom is -0.366 e. The molecule has 2 amide bonds. The number of hydrogen-bond acceptors (Lipinski definition) is 3. The number of benzene rings is 3. The molecule has 5 nitrogen and oxygen atoms in total. The summed E-state index contributed by atoms with van der Waals surface area (Å²) in [5, 5.41) is 3.51. The van der Waals surface area contributed by atoms with Crippen molar-refractivity contribution < 1.29 is 14.0 Å². The van der Waals surface area contributed by atoms with Gasteiger partial charge in [-0.25, -0.2) is 4.39 Å². The van der Waals surface area contributed by atoms with E-state index >= 15 is 0 Å². The Bertz CT molecular complexity index is 1230. The zero-order valence-corrected chi connectivity index (χ0v) is 20.9. The average molecular weight is 494 g/mol.